The Labute approximate surface area is 218 Å². The third-order valence-electron chi connectivity index (χ3n) is 7.62. The molecule has 198 valence electrons. The lowest BCUT2D eigenvalue weighted by molar-refractivity contribution is -0.384. The molecule has 1 aliphatic carbocycles. The summed E-state index contributed by atoms with van der Waals surface area (Å²) in [5.41, 5.74) is 0.592. The van der Waals surface area contributed by atoms with Crippen LogP contribution in [0.4, 0.5) is 17.1 Å². The van der Waals surface area contributed by atoms with E-state index < -0.39 is 16.8 Å². The van der Waals surface area contributed by atoms with E-state index in [1.165, 1.54) is 47.2 Å². The molecule has 1 saturated carbocycles. The molecule has 2 aromatic rings. The minimum Gasteiger partial charge on any atom is -0.494 e. The number of esters is 1. The highest BCUT2D eigenvalue weighted by Crippen LogP contribution is 2.42. The van der Waals surface area contributed by atoms with Gasteiger partial charge in [-0.2, -0.15) is 0 Å². The Morgan fingerprint density at radius 3 is 2.42 bits per heavy atom. The zero-order valence-corrected chi connectivity index (χ0v) is 21.0. The zero-order valence-electron chi connectivity index (χ0n) is 21.0. The molecule has 11 heteroatoms. The van der Waals surface area contributed by atoms with E-state index in [9.17, 15) is 29.3 Å². The van der Waals surface area contributed by atoms with Gasteiger partial charge in [0.15, 0.2) is 0 Å². The van der Waals surface area contributed by atoms with E-state index in [-0.39, 0.29) is 59.7 Å². The Morgan fingerprint density at radius 2 is 1.74 bits per heavy atom. The highest BCUT2D eigenvalue weighted by molar-refractivity contribution is 6.22. The number of anilines is 2. The van der Waals surface area contributed by atoms with Gasteiger partial charge in [-0.25, -0.2) is 0 Å². The molecule has 3 amide bonds. The number of methoxy groups -OCH3 is 1. The molecule has 4 atom stereocenters. The molecular weight excluding hydrogens is 494 g/mol. The second kappa shape index (κ2) is 9.88. The molecule has 2 saturated heterocycles. The molecule has 0 spiro atoms. The topological polar surface area (TPSA) is 136 Å². The number of ether oxygens (including phenoxy) is 2. The summed E-state index contributed by atoms with van der Waals surface area (Å²) in [6.07, 6.45) is 2.27. The van der Waals surface area contributed by atoms with Crippen LogP contribution < -0.4 is 19.3 Å². The van der Waals surface area contributed by atoms with Gasteiger partial charge in [-0.15, -0.1) is 0 Å². The van der Waals surface area contributed by atoms with Crippen molar-refractivity contribution < 1.29 is 33.6 Å². The Hall–Kier alpha value is -4.28. The molecule has 0 aromatic heterocycles. The molecule has 3 aliphatic rings. The molecule has 0 radical (unpaired) electrons. The average Bonchev–Trinajstić information content (AvgIpc) is 3.40. The molecule has 0 N–H and O–H groups in total. The highest BCUT2D eigenvalue weighted by Gasteiger charge is 2.50. The van der Waals surface area contributed by atoms with Crippen LogP contribution >= 0.6 is 0 Å². The minimum absolute atomic E-state index is 0.0297. The summed E-state index contributed by atoms with van der Waals surface area (Å²) in [5, 5.41) is 11.1. The lowest BCUT2D eigenvalue weighted by atomic mass is 9.76. The standard InChI is InChI=1S/C27H27N3O8/c1-15-3-9-20-21(11-15)26(33)29(25(20)32)17-4-7-19(8-5-17)38-27(34)16-12-24(31)28(14-16)22-10-6-18(30(35)36)13-23(22)37-2/h4-8,10,13,15-16,20-21H,3,9,11-12,14H2,1-2H3/t15-,16+,20+,21+/m0/s1. The maximum Gasteiger partial charge on any atom is 0.316 e. The van der Waals surface area contributed by atoms with Gasteiger partial charge in [0.25, 0.3) is 5.69 Å². The van der Waals surface area contributed by atoms with Crippen molar-refractivity contribution in [2.24, 2.45) is 23.7 Å². The third-order valence-corrected chi connectivity index (χ3v) is 7.62. The second-order valence-electron chi connectivity index (χ2n) is 10.1. The average molecular weight is 522 g/mol. The van der Waals surface area contributed by atoms with E-state index in [2.05, 4.69) is 6.92 Å². The number of benzene rings is 2. The van der Waals surface area contributed by atoms with Crippen molar-refractivity contribution in [3.63, 3.8) is 0 Å². The van der Waals surface area contributed by atoms with Crippen molar-refractivity contribution >= 4 is 40.8 Å². The molecule has 2 aliphatic heterocycles. The van der Waals surface area contributed by atoms with Crippen molar-refractivity contribution in [2.45, 2.75) is 32.6 Å². The predicted octanol–water partition coefficient (Wildman–Crippen LogP) is 3.49. The summed E-state index contributed by atoms with van der Waals surface area (Å²) >= 11 is 0. The first-order valence-electron chi connectivity index (χ1n) is 12.5. The van der Waals surface area contributed by atoms with E-state index >= 15 is 0 Å². The van der Waals surface area contributed by atoms with Gasteiger partial charge in [-0.3, -0.25) is 34.2 Å². The van der Waals surface area contributed by atoms with Crippen molar-refractivity contribution in [1.82, 2.24) is 0 Å². The van der Waals surface area contributed by atoms with Crippen LogP contribution in [-0.2, 0) is 19.2 Å². The number of amides is 3. The summed E-state index contributed by atoms with van der Waals surface area (Å²) in [7, 11) is 1.34. The van der Waals surface area contributed by atoms with Crippen molar-refractivity contribution in [1.29, 1.82) is 0 Å². The first kappa shape index (κ1) is 25.4. The quantitative estimate of drug-likeness (QED) is 0.185. The first-order chi connectivity index (χ1) is 18.2. The van der Waals surface area contributed by atoms with Crippen LogP contribution in [-0.4, -0.2) is 42.3 Å². The summed E-state index contributed by atoms with van der Waals surface area (Å²) < 4.78 is 10.7. The second-order valence-corrected chi connectivity index (χ2v) is 10.1. The number of hydrogen-bond acceptors (Lipinski definition) is 8. The molecule has 2 heterocycles. The number of carbonyl (C=O) groups is 4. The van der Waals surface area contributed by atoms with Gasteiger partial charge in [0.05, 0.1) is 47.2 Å². The van der Waals surface area contributed by atoms with Gasteiger partial charge < -0.3 is 14.4 Å². The summed E-state index contributed by atoms with van der Waals surface area (Å²) in [5.74, 6) is -1.82. The van der Waals surface area contributed by atoms with E-state index in [1.54, 1.807) is 12.1 Å². The van der Waals surface area contributed by atoms with Crippen molar-refractivity contribution in [2.75, 3.05) is 23.5 Å². The lowest BCUT2D eigenvalue weighted by Crippen LogP contribution is -2.30. The fourth-order valence-corrected chi connectivity index (χ4v) is 5.61. The maximum absolute atomic E-state index is 12.9. The van der Waals surface area contributed by atoms with Crippen LogP contribution in [0.25, 0.3) is 0 Å². The van der Waals surface area contributed by atoms with Crippen LogP contribution in [0.2, 0.25) is 0 Å². The molecule has 2 aromatic carbocycles. The molecule has 5 rings (SSSR count). The van der Waals surface area contributed by atoms with Gasteiger partial charge in [0.1, 0.15) is 11.5 Å². The first-order valence-corrected chi connectivity index (χ1v) is 12.5. The number of nitro groups is 1. The van der Waals surface area contributed by atoms with Crippen LogP contribution in [0.15, 0.2) is 42.5 Å². The predicted molar refractivity (Wildman–Crippen MR) is 135 cm³/mol. The molecule has 3 fully saturated rings. The minimum atomic E-state index is -0.756. The Kier molecular flexibility index (Phi) is 6.60. The highest BCUT2D eigenvalue weighted by atomic mass is 16.6. The number of rotatable bonds is 6. The Bertz CT molecular complexity index is 1320. The van der Waals surface area contributed by atoms with Gasteiger partial charge in [0.2, 0.25) is 17.7 Å². The fourth-order valence-electron chi connectivity index (χ4n) is 5.61. The van der Waals surface area contributed by atoms with Crippen LogP contribution in [0.3, 0.4) is 0 Å². The number of nitrogens with zero attached hydrogens (tertiary/aromatic N) is 3. The summed E-state index contributed by atoms with van der Waals surface area (Å²) in [4.78, 5) is 64.4. The molecule has 38 heavy (non-hydrogen) atoms. The largest absolute Gasteiger partial charge is 0.494 e. The number of carbonyl (C=O) groups excluding carboxylic acids is 4. The van der Waals surface area contributed by atoms with E-state index in [0.717, 1.165) is 6.42 Å². The smallest absolute Gasteiger partial charge is 0.316 e. The number of non-ortho nitro benzene ring substituents is 1. The number of fused-ring (bicyclic) bond motifs is 1. The molecule has 0 unspecified atom stereocenters. The SMILES string of the molecule is COc1cc([N+](=O)[O-])ccc1N1C[C@H](C(=O)Oc2ccc(N3C(=O)[C@@H]4CC[C@H](C)C[C@H]4C3=O)cc2)CC1=O. The number of hydrogen-bond donors (Lipinski definition) is 0. The van der Waals surface area contributed by atoms with Crippen molar-refractivity contribution in [3.05, 3.63) is 52.6 Å². The van der Waals surface area contributed by atoms with Gasteiger partial charge in [-0.1, -0.05) is 6.92 Å². The van der Waals surface area contributed by atoms with E-state index in [0.29, 0.717) is 30.1 Å². The van der Waals surface area contributed by atoms with Crippen LogP contribution in [0.5, 0.6) is 11.5 Å². The van der Waals surface area contributed by atoms with Gasteiger partial charge in [0, 0.05) is 19.0 Å². The summed E-state index contributed by atoms with van der Waals surface area (Å²) in [6, 6.07) is 10.1. The molecule has 11 nitrogen and oxygen atoms in total. The number of nitro benzene ring substituents is 1. The van der Waals surface area contributed by atoms with E-state index in [4.69, 9.17) is 9.47 Å². The summed E-state index contributed by atoms with van der Waals surface area (Å²) in [6.45, 7) is 2.13. The van der Waals surface area contributed by atoms with Crippen LogP contribution in [0, 0.1) is 33.8 Å². The van der Waals surface area contributed by atoms with Crippen molar-refractivity contribution in [3.8, 4) is 11.5 Å². The van der Waals surface area contributed by atoms with Gasteiger partial charge in [-0.05, 0) is 55.5 Å². The molecular formula is C27H27N3O8. The van der Waals surface area contributed by atoms with E-state index in [1.807, 2.05) is 0 Å². The van der Waals surface area contributed by atoms with Crippen LogP contribution in [0.1, 0.15) is 32.6 Å². The third kappa shape index (κ3) is 4.48. The fraction of sp³-hybridized carbons (Fsp3) is 0.407. The maximum atomic E-state index is 12.9. The van der Waals surface area contributed by atoms with Gasteiger partial charge >= 0.3 is 5.97 Å². The normalized spacial score (nSPS) is 24.9. The Balaban J connectivity index is 1.25. The monoisotopic (exact) mass is 521 g/mol. The lowest BCUT2D eigenvalue weighted by Gasteiger charge is -2.25. The number of imide groups is 1. The Morgan fingerprint density at radius 1 is 1.03 bits per heavy atom. The molecule has 0 bridgehead atoms. The zero-order chi connectivity index (χ0) is 27.1.